The fraction of sp³-hybridized carbons (Fsp3) is 0.500. The van der Waals surface area contributed by atoms with Gasteiger partial charge in [-0.1, -0.05) is 19.1 Å². The van der Waals surface area contributed by atoms with Gasteiger partial charge in [-0.05, 0) is 30.2 Å². The summed E-state index contributed by atoms with van der Waals surface area (Å²) in [5.41, 5.74) is 7.75. The van der Waals surface area contributed by atoms with Crippen LogP contribution in [0.4, 0.5) is 5.69 Å². The number of rotatable bonds is 6. The van der Waals surface area contributed by atoms with Crippen LogP contribution in [-0.4, -0.2) is 26.5 Å². The molecule has 0 heterocycles. The molecule has 0 radical (unpaired) electrons. The number of nitrogens with zero attached hydrogens (tertiary/aromatic N) is 1. The van der Waals surface area contributed by atoms with Crippen molar-refractivity contribution < 1.29 is 4.79 Å². The van der Waals surface area contributed by atoms with Crippen LogP contribution in [-0.2, 0) is 11.3 Å². The van der Waals surface area contributed by atoms with E-state index in [1.165, 1.54) is 0 Å². The van der Waals surface area contributed by atoms with E-state index >= 15 is 0 Å². The maximum atomic E-state index is 11.6. The first-order valence-corrected chi connectivity index (χ1v) is 6.26. The predicted molar refractivity (Wildman–Crippen MR) is 75.5 cm³/mol. The van der Waals surface area contributed by atoms with E-state index in [-0.39, 0.29) is 11.8 Å². The van der Waals surface area contributed by atoms with Crippen LogP contribution in [0.5, 0.6) is 0 Å². The minimum Gasteiger partial charge on any atom is -0.378 e. The van der Waals surface area contributed by atoms with Gasteiger partial charge in [-0.3, -0.25) is 4.79 Å². The molecule has 1 aromatic carbocycles. The summed E-state index contributed by atoms with van der Waals surface area (Å²) in [5, 5.41) is 2.90. The second-order valence-electron chi connectivity index (χ2n) is 4.88. The van der Waals surface area contributed by atoms with Crippen LogP contribution in [0, 0.1) is 5.92 Å². The van der Waals surface area contributed by atoms with E-state index in [1.54, 1.807) is 0 Å². The highest BCUT2D eigenvalue weighted by Gasteiger charge is 2.06. The number of hydrogen-bond donors (Lipinski definition) is 2. The Morgan fingerprint density at radius 2 is 1.94 bits per heavy atom. The molecule has 4 heteroatoms. The van der Waals surface area contributed by atoms with E-state index in [4.69, 9.17) is 5.73 Å². The Labute approximate surface area is 109 Å². The topological polar surface area (TPSA) is 58.4 Å². The number of hydrogen-bond acceptors (Lipinski definition) is 3. The molecular formula is C14H23N3O. The molecule has 1 unspecified atom stereocenters. The summed E-state index contributed by atoms with van der Waals surface area (Å²) in [6, 6.07) is 8.15. The van der Waals surface area contributed by atoms with Crippen molar-refractivity contribution in [2.45, 2.75) is 19.9 Å². The summed E-state index contributed by atoms with van der Waals surface area (Å²) in [7, 11) is 4.01. The lowest BCUT2D eigenvalue weighted by molar-refractivity contribution is -0.122. The second kappa shape index (κ2) is 7.01. The van der Waals surface area contributed by atoms with Gasteiger partial charge in [-0.15, -0.1) is 0 Å². The molecule has 0 saturated heterocycles. The van der Waals surface area contributed by atoms with Crippen LogP contribution < -0.4 is 16.0 Å². The molecule has 3 N–H and O–H groups in total. The third kappa shape index (κ3) is 4.75. The summed E-state index contributed by atoms with van der Waals surface area (Å²) >= 11 is 0. The first-order valence-electron chi connectivity index (χ1n) is 6.26. The minimum atomic E-state index is 0.0598. The molecule has 0 bridgehead atoms. The smallest absolute Gasteiger partial charge is 0.220 e. The van der Waals surface area contributed by atoms with Crippen molar-refractivity contribution in [2.24, 2.45) is 11.7 Å². The number of carbonyl (C=O) groups is 1. The zero-order chi connectivity index (χ0) is 13.5. The van der Waals surface area contributed by atoms with E-state index in [9.17, 15) is 4.79 Å². The molecule has 0 aliphatic carbocycles. The van der Waals surface area contributed by atoms with Crippen LogP contribution >= 0.6 is 0 Å². The molecule has 18 heavy (non-hydrogen) atoms. The Morgan fingerprint density at radius 3 is 2.44 bits per heavy atom. The van der Waals surface area contributed by atoms with Crippen molar-refractivity contribution in [3.63, 3.8) is 0 Å². The molecule has 1 atom stereocenters. The molecule has 0 aliphatic heterocycles. The van der Waals surface area contributed by atoms with E-state index in [1.807, 2.05) is 50.2 Å². The zero-order valence-corrected chi connectivity index (χ0v) is 11.4. The van der Waals surface area contributed by atoms with E-state index in [2.05, 4.69) is 5.32 Å². The summed E-state index contributed by atoms with van der Waals surface area (Å²) < 4.78 is 0. The van der Waals surface area contributed by atoms with Crippen LogP contribution in [0.15, 0.2) is 24.3 Å². The Bertz CT molecular complexity index is 373. The van der Waals surface area contributed by atoms with Gasteiger partial charge in [0.15, 0.2) is 0 Å². The van der Waals surface area contributed by atoms with Gasteiger partial charge in [-0.25, -0.2) is 0 Å². The third-order valence-electron chi connectivity index (χ3n) is 2.88. The summed E-state index contributed by atoms with van der Waals surface area (Å²) in [5.74, 6) is 0.297. The van der Waals surface area contributed by atoms with Gasteiger partial charge < -0.3 is 16.0 Å². The van der Waals surface area contributed by atoms with Gasteiger partial charge in [0, 0.05) is 32.7 Å². The SMILES string of the molecule is CC(CN)CC(=O)NCc1ccc(N(C)C)cc1. The largest absolute Gasteiger partial charge is 0.378 e. The lowest BCUT2D eigenvalue weighted by atomic mass is 10.1. The molecule has 100 valence electrons. The van der Waals surface area contributed by atoms with Crippen LogP contribution in [0.25, 0.3) is 0 Å². The minimum absolute atomic E-state index is 0.0598. The van der Waals surface area contributed by atoms with Crippen LogP contribution in [0.3, 0.4) is 0 Å². The summed E-state index contributed by atoms with van der Waals surface area (Å²) in [6.07, 6.45) is 0.492. The predicted octanol–water partition coefficient (Wildman–Crippen LogP) is 1.35. The fourth-order valence-electron chi connectivity index (χ4n) is 1.58. The highest BCUT2D eigenvalue weighted by molar-refractivity contribution is 5.76. The maximum Gasteiger partial charge on any atom is 0.220 e. The Balaban J connectivity index is 2.41. The second-order valence-corrected chi connectivity index (χ2v) is 4.88. The van der Waals surface area contributed by atoms with Crippen LogP contribution in [0.2, 0.25) is 0 Å². The molecule has 0 fully saturated rings. The molecule has 1 aromatic rings. The molecular weight excluding hydrogens is 226 g/mol. The van der Waals surface area contributed by atoms with E-state index < -0.39 is 0 Å². The Hall–Kier alpha value is -1.55. The first-order chi connectivity index (χ1) is 8.52. The molecule has 1 rings (SSSR count). The van der Waals surface area contributed by atoms with Gasteiger partial charge in [0.2, 0.25) is 5.91 Å². The zero-order valence-electron chi connectivity index (χ0n) is 11.4. The van der Waals surface area contributed by atoms with Gasteiger partial charge in [0.1, 0.15) is 0 Å². The number of amides is 1. The third-order valence-corrected chi connectivity index (χ3v) is 2.88. The van der Waals surface area contributed by atoms with E-state index in [0.29, 0.717) is 19.5 Å². The number of carbonyl (C=O) groups excluding carboxylic acids is 1. The molecule has 0 aromatic heterocycles. The normalized spacial score (nSPS) is 12.0. The monoisotopic (exact) mass is 249 g/mol. The average molecular weight is 249 g/mol. The van der Waals surface area contributed by atoms with Crippen LogP contribution in [0.1, 0.15) is 18.9 Å². The molecule has 0 aliphatic rings. The number of nitrogens with one attached hydrogen (secondary N) is 1. The molecule has 0 spiro atoms. The Morgan fingerprint density at radius 1 is 1.33 bits per heavy atom. The van der Waals surface area contributed by atoms with Gasteiger partial charge in [0.05, 0.1) is 0 Å². The van der Waals surface area contributed by atoms with Gasteiger partial charge >= 0.3 is 0 Å². The van der Waals surface area contributed by atoms with Crippen molar-refractivity contribution in [2.75, 3.05) is 25.5 Å². The van der Waals surface area contributed by atoms with Crippen molar-refractivity contribution in [1.82, 2.24) is 5.32 Å². The first kappa shape index (κ1) is 14.5. The van der Waals surface area contributed by atoms with Crippen molar-refractivity contribution in [1.29, 1.82) is 0 Å². The lowest BCUT2D eigenvalue weighted by Crippen LogP contribution is -2.26. The fourth-order valence-corrected chi connectivity index (χ4v) is 1.58. The maximum absolute atomic E-state index is 11.6. The summed E-state index contributed by atoms with van der Waals surface area (Å²) in [4.78, 5) is 13.6. The Kier molecular flexibility index (Phi) is 5.65. The summed E-state index contributed by atoms with van der Waals surface area (Å²) in [6.45, 7) is 3.10. The molecule has 0 saturated carbocycles. The molecule has 4 nitrogen and oxygen atoms in total. The van der Waals surface area contributed by atoms with Gasteiger partial charge in [0.25, 0.3) is 0 Å². The van der Waals surface area contributed by atoms with Crippen molar-refractivity contribution in [3.05, 3.63) is 29.8 Å². The number of anilines is 1. The highest BCUT2D eigenvalue weighted by Crippen LogP contribution is 2.12. The number of benzene rings is 1. The number of nitrogens with two attached hydrogens (primary N) is 1. The highest BCUT2D eigenvalue weighted by atomic mass is 16.1. The average Bonchev–Trinajstić information content (AvgIpc) is 2.36. The quantitative estimate of drug-likeness (QED) is 0.800. The van der Waals surface area contributed by atoms with Crippen molar-refractivity contribution >= 4 is 11.6 Å². The van der Waals surface area contributed by atoms with E-state index in [0.717, 1.165) is 11.3 Å². The standard InChI is InChI=1S/C14H23N3O/c1-11(9-15)8-14(18)16-10-12-4-6-13(7-5-12)17(2)3/h4-7,11H,8-10,15H2,1-3H3,(H,16,18). The van der Waals surface area contributed by atoms with Gasteiger partial charge in [-0.2, -0.15) is 0 Å². The lowest BCUT2D eigenvalue weighted by Gasteiger charge is -2.13. The molecule has 1 amide bonds. The van der Waals surface area contributed by atoms with Crippen molar-refractivity contribution in [3.8, 4) is 0 Å².